The van der Waals surface area contributed by atoms with Crippen LogP contribution in [0.25, 0.3) is 0 Å². The van der Waals surface area contributed by atoms with Gasteiger partial charge in [0.1, 0.15) is 5.60 Å². The Balaban J connectivity index is 2.03. The first kappa shape index (κ1) is 25.6. The number of amides is 2. The van der Waals surface area contributed by atoms with Crippen LogP contribution in [0.1, 0.15) is 50.7 Å². The molecule has 0 aliphatic carbocycles. The van der Waals surface area contributed by atoms with Crippen molar-refractivity contribution in [3.05, 3.63) is 69.8 Å². The number of carbonyl (C=O) groups excluding carboxylic acids is 2. The first-order valence-corrected chi connectivity index (χ1v) is 10.8. The minimum Gasteiger partial charge on any atom is -0.502 e. The van der Waals surface area contributed by atoms with Crippen LogP contribution >= 0.6 is 0 Å². The van der Waals surface area contributed by atoms with Crippen LogP contribution in [0.4, 0.5) is 10.5 Å². The molecule has 9 nitrogen and oxygen atoms in total. The molecule has 9 heteroatoms. The van der Waals surface area contributed by atoms with E-state index >= 15 is 0 Å². The molecule has 0 saturated heterocycles. The van der Waals surface area contributed by atoms with Crippen LogP contribution in [0.2, 0.25) is 0 Å². The number of phenols is 1. The van der Waals surface area contributed by atoms with Crippen molar-refractivity contribution in [2.75, 3.05) is 13.1 Å². The highest BCUT2D eigenvalue weighted by atomic mass is 16.6. The van der Waals surface area contributed by atoms with Crippen molar-refractivity contribution in [1.82, 2.24) is 10.6 Å². The third-order valence-corrected chi connectivity index (χ3v) is 4.80. The Morgan fingerprint density at radius 3 is 2.42 bits per heavy atom. The van der Waals surface area contributed by atoms with E-state index in [0.29, 0.717) is 12.1 Å². The molecule has 0 spiro atoms. The van der Waals surface area contributed by atoms with Crippen LogP contribution in [-0.2, 0) is 16.0 Å². The summed E-state index contributed by atoms with van der Waals surface area (Å²) in [4.78, 5) is 35.5. The quantitative estimate of drug-likeness (QED) is 0.280. The van der Waals surface area contributed by atoms with Crippen LogP contribution in [0, 0.1) is 10.1 Å². The Morgan fingerprint density at radius 1 is 1.09 bits per heavy atom. The molecular formula is C24H31N3O6. The number of phenolic OH excluding ortho intramolecular Hbond substituents is 1. The van der Waals surface area contributed by atoms with Crippen LogP contribution in [0.3, 0.4) is 0 Å². The monoisotopic (exact) mass is 457 g/mol. The second-order valence-corrected chi connectivity index (χ2v) is 8.67. The summed E-state index contributed by atoms with van der Waals surface area (Å²) >= 11 is 0. The Morgan fingerprint density at radius 2 is 1.79 bits per heavy atom. The van der Waals surface area contributed by atoms with E-state index in [4.69, 9.17) is 4.74 Å². The molecule has 0 fully saturated rings. The molecule has 0 aliphatic heterocycles. The molecule has 2 aromatic rings. The lowest BCUT2D eigenvalue weighted by atomic mass is 9.97. The van der Waals surface area contributed by atoms with Crippen molar-refractivity contribution in [2.24, 2.45) is 0 Å². The van der Waals surface area contributed by atoms with Gasteiger partial charge in [-0.15, -0.1) is 0 Å². The minimum atomic E-state index is -0.897. The summed E-state index contributed by atoms with van der Waals surface area (Å²) in [5, 5.41) is 26.3. The maximum absolute atomic E-state index is 12.9. The SMILES string of the molecule is CC(C)(C)OC(=O)NC[C@H](C(=O)NCCCCc1ccccc1)c1ccc(O)c([N+](=O)[O-])c1. The topological polar surface area (TPSA) is 131 Å². The van der Waals surface area contributed by atoms with Crippen LogP contribution in [0.5, 0.6) is 5.75 Å². The lowest BCUT2D eigenvalue weighted by molar-refractivity contribution is -0.385. The van der Waals surface area contributed by atoms with Crippen LogP contribution in [-0.4, -0.2) is 40.7 Å². The normalized spacial score (nSPS) is 12.0. The molecular weight excluding hydrogens is 426 g/mol. The van der Waals surface area contributed by atoms with Gasteiger partial charge in [-0.3, -0.25) is 14.9 Å². The standard InChI is InChI=1S/C24H31N3O6/c1-24(2,3)33-23(30)26-16-19(18-12-13-21(28)20(15-18)27(31)32)22(29)25-14-8-7-11-17-9-5-4-6-10-17/h4-6,9-10,12-13,15,19,28H,7-8,11,14,16H2,1-3H3,(H,25,29)(H,26,30)/t19-/m0/s1. The summed E-state index contributed by atoms with van der Waals surface area (Å²) < 4.78 is 5.21. The second-order valence-electron chi connectivity index (χ2n) is 8.67. The highest BCUT2D eigenvalue weighted by molar-refractivity contribution is 5.85. The van der Waals surface area contributed by atoms with Crippen molar-refractivity contribution in [2.45, 2.75) is 51.6 Å². The maximum atomic E-state index is 12.9. The summed E-state index contributed by atoms with van der Waals surface area (Å²) in [5.41, 5.74) is 0.306. The van der Waals surface area contributed by atoms with E-state index < -0.39 is 34.0 Å². The fraction of sp³-hybridized carbons (Fsp3) is 0.417. The first-order valence-electron chi connectivity index (χ1n) is 10.8. The molecule has 0 unspecified atom stereocenters. The zero-order valence-corrected chi connectivity index (χ0v) is 19.2. The number of aromatic hydroxyl groups is 1. The summed E-state index contributed by atoms with van der Waals surface area (Å²) in [6, 6.07) is 13.8. The molecule has 178 valence electrons. The molecule has 0 aliphatic rings. The summed E-state index contributed by atoms with van der Waals surface area (Å²) in [6.07, 6.45) is 1.83. The zero-order chi connectivity index (χ0) is 24.4. The summed E-state index contributed by atoms with van der Waals surface area (Å²) in [7, 11) is 0. The van der Waals surface area contributed by atoms with Crippen molar-refractivity contribution in [1.29, 1.82) is 0 Å². The summed E-state index contributed by atoms with van der Waals surface area (Å²) in [5.74, 6) is -1.78. The van der Waals surface area contributed by atoms with E-state index in [2.05, 4.69) is 22.8 Å². The molecule has 0 aromatic heterocycles. The number of alkyl carbamates (subject to hydrolysis) is 1. The highest BCUT2D eigenvalue weighted by Gasteiger charge is 2.26. The maximum Gasteiger partial charge on any atom is 0.407 e. The molecule has 2 amide bonds. The number of unbranched alkanes of at least 4 members (excludes halogenated alkanes) is 1. The molecule has 0 radical (unpaired) electrons. The number of nitro benzene ring substituents is 1. The molecule has 2 aromatic carbocycles. The largest absolute Gasteiger partial charge is 0.502 e. The first-order chi connectivity index (χ1) is 15.6. The van der Waals surface area contributed by atoms with Gasteiger partial charge in [0.05, 0.1) is 10.8 Å². The number of nitro groups is 1. The van der Waals surface area contributed by atoms with E-state index in [1.807, 2.05) is 18.2 Å². The van der Waals surface area contributed by atoms with Gasteiger partial charge in [-0.2, -0.15) is 0 Å². The van der Waals surface area contributed by atoms with Gasteiger partial charge in [0, 0.05) is 19.2 Å². The Kier molecular flexibility index (Phi) is 9.20. The van der Waals surface area contributed by atoms with Gasteiger partial charge in [-0.05, 0) is 57.2 Å². The van der Waals surface area contributed by atoms with E-state index in [0.717, 1.165) is 25.3 Å². The number of hydrogen-bond donors (Lipinski definition) is 3. The lowest BCUT2D eigenvalue weighted by Gasteiger charge is -2.22. The molecule has 1 atom stereocenters. The van der Waals surface area contributed by atoms with Crippen molar-refractivity contribution in [3.8, 4) is 5.75 Å². The van der Waals surface area contributed by atoms with Gasteiger partial charge in [-0.1, -0.05) is 36.4 Å². The fourth-order valence-electron chi connectivity index (χ4n) is 3.20. The van der Waals surface area contributed by atoms with Gasteiger partial charge in [0.2, 0.25) is 5.91 Å². The minimum absolute atomic E-state index is 0.118. The van der Waals surface area contributed by atoms with Gasteiger partial charge in [0.25, 0.3) is 0 Å². The van der Waals surface area contributed by atoms with Gasteiger partial charge in [0.15, 0.2) is 5.75 Å². The smallest absolute Gasteiger partial charge is 0.407 e. The predicted octanol–water partition coefficient (Wildman–Crippen LogP) is 4.05. The van der Waals surface area contributed by atoms with Crippen molar-refractivity contribution < 1.29 is 24.4 Å². The Labute approximate surface area is 193 Å². The lowest BCUT2D eigenvalue weighted by Crippen LogP contribution is -2.40. The van der Waals surface area contributed by atoms with Crippen molar-refractivity contribution >= 4 is 17.7 Å². The Bertz CT molecular complexity index is 956. The van der Waals surface area contributed by atoms with Crippen LogP contribution in [0.15, 0.2) is 48.5 Å². The highest BCUT2D eigenvalue weighted by Crippen LogP contribution is 2.29. The zero-order valence-electron chi connectivity index (χ0n) is 19.2. The third kappa shape index (κ3) is 8.80. The number of rotatable bonds is 10. The average molecular weight is 458 g/mol. The number of nitrogens with one attached hydrogen (secondary N) is 2. The number of hydrogen-bond acceptors (Lipinski definition) is 6. The molecule has 0 saturated carbocycles. The van der Waals surface area contributed by atoms with E-state index in [1.165, 1.54) is 17.7 Å². The second kappa shape index (κ2) is 11.8. The average Bonchev–Trinajstić information content (AvgIpc) is 2.74. The molecule has 0 heterocycles. The van der Waals surface area contributed by atoms with Gasteiger partial charge < -0.3 is 20.5 Å². The van der Waals surface area contributed by atoms with Crippen LogP contribution < -0.4 is 10.6 Å². The Hall–Kier alpha value is -3.62. The number of ether oxygens (including phenoxy) is 1. The van der Waals surface area contributed by atoms with E-state index in [1.54, 1.807) is 20.8 Å². The molecule has 33 heavy (non-hydrogen) atoms. The number of carbonyl (C=O) groups is 2. The molecule has 3 N–H and O–H groups in total. The van der Waals surface area contributed by atoms with Crippen molar-refractivity contribution in [3.63, 3.8) is 0 Å². The van der Waals surface area contributed by atoms with Gasteiger partial charge in [-0.25, -0.2) is 4.79 Å². The van der Waals surface area contributed by atoms with E-state index in [9.17, 15) is 24.8 Å². The number of aryl methyl sites for hydroxylation is 1. The molecule has 2 rings (SSSR count). The van der Waals surface area contributed by atoms with E-state index in [-0.39, 0.29) is 12.5 Å². The molecule has 0 bridgehead atoms. The number of benzene rings is 2. The summed E-state index contributed by atoms with van der Waals surface area (Å²) in [6.45, 7) is 5.46. The fourth-order valence-corrected chi connectivity index (χ4v) is 3.20. The third-order valence-electron chi connectivity index (χ3n) is 4.80. The number of nitrogens with zero attached hydrogens (tertiary/aromatic N) is 1. The van der Waals surface area contributed by atoms with Gasteiger partial charge >= 0.3 is 11.8 Å². The predicted molar refractivity (Wildman–Crippen MR) is 124 cm³/mol.